The number of rotatable bonds is 11. The van der Waals surface area contributed by atoms with Crippen LogP contribution in [0.3, 0.4) is 0 Å². The molecule has 0 aliphatic rings. The Bertz CT molecular complexity index is 554. The second kappa shape index (κ2) is 12.2. The zero-order valence-corrected chi connectivity index (χ0v) is 16.6. The SMILES string of the molecule is CCCCCN(CCCCC)C(=O)CC(=O)Nc1ccc(Cl)c(Cl)c1. The third kappa shape index (κ3) is 8.59. The minimum absolute atomic E-state index is 0.121. The van der Waals surface area contributed by atoms with Gasteiger partial charge in [-0.1, -0.05) is 62.7 Å². The van der Waals surface area contributed by atoms with Gasteiger partial charge in [0, 0.05) is 18.8 Å². The van der Waals surface area contributed by atoms with Crippen LogP contribution in [0.5, 0.6) is 0 Å². The van der Waals surface area contributed by atoms with E-state index < -0.39 is 0 Å². The van der Waals surface area contributed by atoms with Crippen molar-refractivity contribution in [2.24, 2.45) is 0 Å². The van der Waals surface area contributed by atoms with E-state index in [4.69, 9.17) is 23.2 Å². The van der Waals surface area contributed by atoms with E-state index in [1.165, 1.54) is 0 Å². The molecule has 0 fully saturated rings. The summed E-state index contributed by atoms with van der Waals surface area (Å²) in [6.07, 6.45) is 6.19. The van der Waals surface area contributed by atoms with Crippen LogP contribution >= 0.6 is 23.2 Å². The fraction of sp³-hybridized carbons (Fsp3) is 0.579. The molecule has 1 rings (SSSR count). The van der Waals surface area contributed by atoms with Crippen LogP contribution < -0.4 is 5.32 Å². The molecule has 25 heavy (non-hydrogen) atoms. The van der Waals surface area contributed by atoms with Gasteiger partial charge in [-0.2, -0.15) is 0 Å². The molecule has 4 nitrogen and oxygen atoms in total. The number of benzene rings is 1. The van der Waals surface area contributed by atoms with Crippen molar-refractivity contribution < 1.29 is 9.59 Å². The zero-order chi connectivity index (χ0) is 18.7. The predicted molar refractivity (Wildman–Crippen MR) is 105 cm³/mol. The van der Waals surface area contributed by atoms with Crippen molar-refractivity contribution in [1.82, 2.24) is 4.90 Å². The molecule has 0 aliphatic heterocycles. The summed E-state index contributed by atoms with van der Waals surface area (Å²) in [7, 11) is 0. The Morgan fingerprint density at radius 2 is 1.56 bits per heavy atom. The Hall–Kier alpha value is -1.26. The van der Waals surface area contributed by atoms with Crippen molar-refractivity contribution in [1.29, 1.82) is 0 Å². The largest absolute Gasteiger partial charge is 0.342 e. The van der Waals surface area contributed by atoms with Crippen molar-refractivity contribution >= 4 is 40.7 Å². The van der Waals surface area contributed by atoms with Crippen molar-refractivity contribution in [3.63, 3.8) is 0 Å². The number of anilines is 1. The molecule has 0 spiro atoms. The number of unbranched alkanes of at least 4 members (excludes halogenated alkanes) is 4. The molecule has 0 atom stereocenters. The molecule has 6 heteroatoms. The number of halogens is 2. The van der Waals surface area contributed by atoms with Crippen LogP contribution in [0.15, 0.2) is 18.2 Å². The lowest BCUT2D eigenvalue weighted by atomic mass is 10.2. The lowest BCUT2D eigenvalue weighted by Gasteiger charge is -2.22. The maximum absolute atomic E-state index is 12.5. The molecule has 0 unspecified atom stereocenters. The van der Waals surface area contributed by atoms with Crippen LogP contribution in [0, 0.1) is 0 Å². The number of hydrogen-bond donors (Lipinski definition) is 1. The second-order valence-electron chi connectivity index (χ2n) is 6.15. The fourth-order valence-electron chi connectivity index (χ4n) is 2.49. The minimum Gasteiger partial charge on any atom is -0.342 e. The number of nitrogens with zero attached hydrogens (tertiary/aromatic N) is 1. The highest BCUT2D eigenvalue weighted by atomic mass is 35.5. The Labute approximate surface area is 160 Å². The summed E-state index contributed by atoms with van der Waals surface area (Å²) >= 11 is 11.8. The monoisotopic (exact) mass is 386 g/mol. The zero-order valence-electron chi connectivity index (χ0n) is 15.1. The molecule has 0 saturated heterocycles. The van der Waals surface area contributed by atoms with E-state index in [9.17, 15) is 9.59 Å². The summed E-state index contributed by atoms with van der Waals surface area (Å²) < 4.78 is 0. The van der Waals surface area contributed by atoms with E-state index in [2.05, 4.69) is 19.2 Å². The van der Waals surface area contributed by atoms with E-state index >= 15 is 0 Å². The van der Waals surface area contributed by atoms with Crippen LogP contribution in [-0.2, 0) is 9.59 Å². The van der Waals surface area contributed by atoms with Gasteiger partial charge in [-0.3, -0.25) is 9.59 Å². The van der Waals surface area contributed by atoms with Gasteiger partial charge in [0.15, 0.2) is 0 Å². The molecule has 0 heterocycles. The maximum atomic E-state index is 12.5. The first-order valence-electron chi connectivity index (χ1n) is 9.00. The van der Waals surface area contributed by atoms with Crippen LogP contribution in [0.2, 0.25) is 10.0 Å². The first-order valence-corrected chi connectivity index (χ1v) is 9.76. The summed E-state index contributed by atoms with van der Waals surface area (Å²) in [4.78, 5) is 26.4. The topological polar surface area (TPSA) is 49.4 Å². The van der Waals surface area contributed by atoms with Gasteiger partial charge in [-0.05, 0) is 31.0 Å². The summed E-state index contributed by atoms with van der Waals surface area (Å²) in [6, 6.07) is 4.85. The minimum atomic E-state index is -0.334. The molecule has 1 aromatic rings. The van der Waals surface area contributed by atoms with Gasteiger partial charge in [-0.15, -0.1) is 0 Å². The summed E-state index contributed by atoms with van der Waals surface area (Å²) in [5.74, 6) is -0.455. The first kappa shape index (κ1) is 21.8. The number of amides is 2. The highest BCUT2D eigenvalue weighted by Gasteiger charge is 2.17. The van der Waals surface area contributed by atoms with E-state index in [1.54, 1.807) is 18.2 Å². The molecule has 0 aromatic heterocycles. The van der Waals surface area contributed by atoms with Gasteiger partial charge >= 0.3 is 0 Å². The number of hydrogen-bond acceptors (Lipinski definition) is 2. The molecule has 2 amide bonds. The predicted octanol–water partition coefficient (Wildman–Crippen LogP) is 5.53. The van der Waals surface area contributed by atoms with Gasteiger partial charge in [0.2, 0.25) is 11.8 Å². The quantitative estimate of drug-likeness (QED) is 0.401. The lowest BCUT2D eigenvalue weighted by molar-refractivity contribution is -0.134. The summed E-state index contributed by atoms with van der Waals surface area (Å²) in [6.45, 7) is 5.70. The average molecular weight is 387 g/mol. The number of nitrogens with one attached hydrogen (secondary N) is 1. The lowest BCUT2D eigenvalue weighted by Crippen LogP contribution is -2.35. The second-order valence-corrected chi connectivity index (χ2v) is 6.96. The molecule has 0 saturated carbocycles. The van der Waals surface area contributed by atoms with Crippen LogP contribution in [-0.4, -0.2) is 29.8 Å². The van der Waals surface area contributed by atoms with E-state index in [1.807, 2.05) is 4.90 Å². The molecule has 0 aliphatic carbocycles. The van der Waals surface area contributed by atoms with Crippen molar-refractivity contribution in [3.8, 4) is 0 Å². The number of carbonyl (C=O) groups excluding carboxylic acids is 2. The Balaban J connectivity index is 2.56. The highest BCUT2D eigenvalue weighted by Crippen LogP contribution is 2.25. The standard InChI is InChI=1S/C19H28Cl2N2O2/c1-3-5-7-11-23(12-8-6-4-2)19(25)14-18(24)22-15-9-10-16(20)17(21)13-15/h9-10,13H,3-8,11-12,14H2,1-2H3,(H,22,24). The van der Waals surface area contributed by atoms with Gasteiger partial charge in [0.05, 0.1) is 10.0 Å². The van der Waals surface area contributed by atoms with Crippen LogP contribution in [0.4, 0.5) is 5.69 Å². The van der Waals surface area contributed by atoms with Crippen molar-refractivity contribution in [3.05, 3.63) is 28.2 Å². The highest BCUT2D eigenvalue weighted by molar-refractivity contribution is 6.42. The molecular formula is C19H28Cl2N2O2. The Kier molecular flexibility index (Phi) is 10.6. The van der Waals surface area contributed by atoms with Gasteiger partial charge in [-0.25, -0.2) is 0 Å². The van der Waals surface area contributed by atoms with Gasteiger partial charge in [0.25, 0.3) is 0 Å². The Morgan fingerprint density at radius 3 is 2.08 bits per heavy atom. The van der Waals surface area contributed by atoms with E-state index in [0.29, 0.717) is 15.7 Å². The first-order chi connectivity index (χ1) is 12.0. The molecule has 0 radical (unpaired) electrons. The van der Waals surface area contributed by atoms with Crippen molar-refractivity contribution in [2.75, 3.05) is 18.4 Å². The van der Waals surface area contributed by atoms with E-state index in [-0.39, 0.29) is 18.2 Å². The molecule has 140 valence electrons. The summed E-state index contributed by atoms with van der Waals surface area (Å²) in [5.41, 5.74) is 0.538. The molecule has 1 N–H and O–H groups in total. The molecule has 0 bridgehead atoms. The van der Waals surface area contributed by atoms with E-state index in [0.717, 1.165) is 51.6 Å². The third-order valence-electron chi connectivity index (χ3n) is 3.93. The Morgan fingerprint density at radius 1 is 0.960 bits per heavy atom. The smallest absolute Gasteiger partial charge is 0.233 e. The molecular weight excluding hydrogens is 359 g/mol. The van der Waals surface area contributed by atoms with Crippen LogP contribution in [0.25, 0.3) is 0 Å². The normalized spacial score (nSPS) is 10.6. The average Bonchev–Trinajstić information content (AvgIpc) is 2.57. The molecule has 1 aromatic carbocycles. The van der Waals surface area contributed by atoms with Gasteiger partial charge in [0.1, 0.15) is 6.42 Å². The van der Waals surface area contributed by atoms with Gasteiger partial charge < -0.3 is 10.2 Å². The van der Waals surface area contributed by atoms with Crippen molar-refractivity contribution in [2.45, 2.75) is 58.8 Å². The number of carbonyl (C=O) groups is 2. The van der Waals surface area contributed by atoms with Crippen LogP contribution in [0.1, 0.15) is 58.8 Å². The summed E-state index contributed by atoms with van der Waals surface area (Å²) in [5, 5.41) is 3.49. The maximum Gasteiger partial charge on any atom is 0.233 e. The fourth-order valence-corrected chi connectivity index (χ4v) is 2.79. The third-order valence-corrected chi connectivity index (χ3v) is 4.67.